The van der Waals surface area contributed by atoms with E-state index in [-0.39, 0.29) is 30.3 Å². The van der Waals surface area contributed by atoms with Crippen molar-refractivity contribution in [3.8, 4) is 11.1 Å². The molecular formula is C24H29NO3. The molecule has 4 heteroatoms. The Balaban J connectivity index is 1.90. The number of hydrogen-bond donors (Lipinski definition) is 1. The Morgan fingerprint density at radius 1 is 1.14 bits per heavy atom. The fourth-order valence-electron chi connectivity index (χ4n) is 3.69. The van der Waals surface area contributed by atoms with Crippen LogP contribution in [0.1, 0.15) is 45.6 Å². The first-order chi connectivity index (χ1) is 13.3. The molecule has 3 rings (SSSR count). The third-order valence-corrected chi connectivity index (χ3v) is 5.66. The van der Waals surface area contributed by atoms with Crippen LogP contribution in [0.2, 0.25) is 0 Å². The molecule has 4 nitrogen and oxygen atoms in total. The summed E-state index contributed by atoms with van der Waals surface area (Å²) in [6, 6.07) is 18.3. The van der Waals surface area contributed by atoms with E-state index < -0.39 is 5.54 Å². The van der Waals surface area contributed by atoms with E-state index in [2.05, 4.69) is 43.4 Å². The molecule has 1 aliphatic heterocycles. The maximum absolute atomic E-state index is 13.3. The number of hydrogen-bond acceptors (Lipinski definition) is 3. The highest BCUT2D eigenvalue weighted by atomic mass is 16.5. The van der Waals surface area contributed by atoms with Crippen molar-refractivity contribution >= 4 is 11.7 Å². The molecule has 1 N–H and O–H groups in total. The van der Waals surface area contributed by atoms with Crippen molar-refractivity contribution in [2.45, 2.75) is 51.7 Å². The van der Waals surface area contributed by atoms with Gasteiger partial charge < -0.3 is 10.1 Å². The van der Waals surface area contributed by atoms with Crippen molar-refractivity contribution in [2.75, 3.05) is 6.61 Å². The van der Waals surface area contributed by atoms with E-state index in [0.717, 1.165) is 16.7 Å². The van der Waals surface area contributed by atoms with Crippen LogP contribution in [0.4, 0.5) is 0 Å². The maximum Gasteiger partial charge on any atom is 0.228 e. The number of rotatable bonds is 6. The largest absolute Gasteiger partial charge is 0.368 e. The molecule has 0 spiro atoms. The van der Waals surface area contributed by atoms with Crippen molar-refractivity contribution in [2.24, 2.45) is 5.92 Å². The number of ketones is 1. The first kappa shape index (κ1) is 20.3. The van der Waals surface area contributed by atoms with E-state index in [1.165, 1.54) is 0 Å². The molecule has 1 saturated heterocycles. The van der Waals surface area contributed by atoms with Crippen LogP contribution in [0, 0.1) is 5.92 Å². The molecule has 1 fully saturated rings. The van der Waals surface area contributed by atoms with Crippen LogP contribution >= 0.6 is 0 Å². The summed E-state index contributed by atoms with van der Waals surface area (Å²) in [4.78, 5) is 25.6. The number of carbonyl (C=O) groups is 2. The van der Waals surface area contributed by atoms with E-state index in [9.17, 15) is 9.59 Å². The number of nitrogens with one attached hydrogen (secondary N) is 1. The molecule has 0 aromatic heterocycles. The van der Waals surface area contributed by atoms with Crippen LogP contribution in [0.3, 0.4) is 0 Å². The zero-order chi connectivity index (χ0) is 20.3. The molecule has 148 valence electrons. The molecule has 1 aliphatic rings. The lowest BCUT2D eigenvalue weighted by Gasteiger charge is -2.30. The highest BCUT2D eigenvalue weighted by Gasteiger charge is 2.46. The highest BCUT2D eigenvalue weighted by molar-refractivity contribution is 5.97. The van der Waals surface area contributed by atoms with Crippen molar-refractivity contribution < 1.29 is 14.3 Å². The first-order valence-corrected chi connectivity index (χ1v) is 9.93. The fraction of sp³-hybridized carbons (Fsp3) is 0.417. The van der Waals surface area contributed by atoms with Crippen LogP contribution < -0.4 is 5.32 Å². The van der Waals surface area contributed by atoms with Gasteiger partial charge in [0.25, 0.3) is 0 Å². The minimum Gasteiger partial charge on any atom is -0.368 e. The maximum atomic E-state index is 13.3. The molecule has 2 aromatic rings. The average Bonchev–Trinajstić information content (AvgIpc) is 2.93. The van der Waals surface area contributed by atoms with Gasteiger partial charge in [-0.2, -0.15) is 0 Å². The average molecular weight is 380 g/mol. The van der Waals surface area contributed by atoms with E-state index >= 15 is 0 Å². The van der Waals surface area contributed by atoms with Crippen LogP contribution in [0.5, 0.6) is 0 Å². The molecule has 1 amide bonds. The number of Topliss-reactive ketones (excluding diaryl/α,β-unsaturated/α-hetero) is 1. The Morgan fingerprint density at radius 2 is 1.82 bits per heavy atom. The van der Waals surface area contributed by atoms with Crippen LogP contribution in [0.25, 0.3) is 11.1 Å². The summed E-state index contributed by atoms with van der Waals surface area (Å²) in [6.07, 6.45) is 0.378. The molecule has 28 heavy (non-hydrogen) atoms. The molecule has 0 bridgehead atoms. The predicted octanol–water partition coefficient (Wildman–Crippen LogP) is 4.35. The summed E-state index contributed by atoms with van der Waals surface area (Å²) in [6.45, 7) is 7.86. The summed E-state index contributed by atoms with van der Waals surface area (Å²) in [7, 11) is 0. The zero-order valence-corrected chi connectivity index (χ0v) is 17.1. The lowest BCUT2D eigenvalue weighted by atomic mass is 9.86. The fourth-order valence-corrected chi connectivity index (χ4v) is 3.69. The first-order valence-electron chi connectivity index (χ1n) is 9.93. The quantitative estimate of drug-likeness (QED) is 0.812. The zero-order valence-electron chi connectivity index (χ0n) is 17.1. The van der Waals surface area contributed by atoms with E-state index in [1.807, 2.05) is 37.3 Å². The minimum absolute atomic E-state index is 0.0519. The van der Waals surface area contributed by atoms with Gasteiger partial charge in [0.15, 0.2) is 5.78 Å². The van der Waals surface area contributed by atoms with Crippen LogP contribution in [0.15, 0.2) is 54.6 Å². The van der Waals surface area contributed by atoms with Gasteiger partial charge in [0, 0.05) is 0 Å². The summed E-state index contributed by atoms with van der Waals surface area (Å²) >= 11 is 0. The van der Waals surface area contributed by atoms with Crippen molar-refractivity contribution in [3.63, 3.8) is 0 Å². The Kier molecular flexibility index (Phi) is 5.99. The molecule has 0 saturated carbocycles. The Labute approximate surface area is 167 Å². The van der Waals surface area contributed by atoms with Gasteiger partial charge in [-0.3, -0.25) is 9.59 Å². The molecular weight excluding hydrogens is 350 g/mol. The van der Waals surface area contributed by atoms with Crippen LogP contribution in [-0.4, -0.2) is 29.9 Å². The summed E-state index contributed by atoms with van der Waals surface area (Å²) in [5, 5.41) is 3.00. The molecule has 0 aliphatic carbocycles. The van der Waals surface area contributed by atoms with Gasteiger partial charge in [0.05, 0.1) is 12.0 Å². The van der Waals surface area contributed by atoms with Crippen molar-refractivity contribution in [1.29, 1.82) is 0 Å². The predicted molar refractivity (Wildman–Crippen MR) is 111 cm³/mol. The summed E-state index contributed by atoms with van der Waals surface area (Å²) in [5.74, 6) is -0.167. The monoisotopic (exact) mass is 379 g/mol. The Bertz CT molecular complexity index is 846. The van der Waals surface area contributed by atoms with Crippen molar-refractivity contribution in [1.82, 2.24) is 5.32 Å². The number of ether oxygens (including phenoxy) is 1. The second kappa shape index (κ2) is 8.27. The van der Waals surface area contributed by atoms with Gasteiger partial charge in [-0.05, 0) is 42.9 Å². The molecule has 2 aromatic carbocycles. The van der Waals surface area contributed by atoms with Gasteiger partial charge in [0.2, 0.25) is 5.91 Å². The van der Waals surface area contributed by atoms with Crippen LogP contribution in [-0.2, 0) is 14.3 Å². The highest BCUT2D eigenvalue weighted by Crippen LogP contribution is 2.30. The second-order valence-corrected chi connectivity index (χ2v) is 8.24. The van der Waals surface area contributed by atoms with Gasteiger partial charge in [-0.1, -0.05) is 68.4 Å². The van der Waals surface area contributed by atoms with Gasteiger partial charge in [-0.15, -0.1) is 0 Å². The molecule has 1 heterocycles. The molecule has 0 radical (unpaired) electrons. The summed E-state index contributed by atoms with van der Waals surface area (Å²) in [5.41, 5.74) is 2.20. The standard InChI is InChI=1S/C24H29NO3/c1-16(2)13-21(23(27)25-24(4)17(3)28-15-22(24)26)20-12-8-11-19(14-20)18-9-6-5-7-10-18/h5-12,14,16-17,21H,13,15H2,1-4H3,(H,25,27)/t17-,21?,24-/m1/s1. The third kappa shape index (κ3) is 4.17. The third-order valence-electron chi connectivity index (χ3n) is 5.66. The second-order valence-electron chi connectivity index (χ2n) is 8.24. The van der Waals surface area contributed by atoms with E-state index in [1.54, 1.807) is 6.92 Å². The van der Waals surface area contributed by atoms with Gasteiger partial charge >= 0.3 is 0 Å². The van der Waals surface area contributed by atoms with Gasteiger partial charge in [-0.25, -0.2) is 0 Å². The number of amides is 1. The van der Waals surface area contributed by atoms with E-state index in [0.29, 0.717) is 12.3 Å². The minimum atomic E-state index is -0.969. The molecule has 1 unspecified atom stereocenters. The SMILES string of the molecule is CC(C)CC(C(=O)N[C@@]1(C)C(=O)CO[C@@H]1C)c1cccc(-c2ccccc2)c1. The topological polar surface area (TPSA) is 55.4 Å². The normalized spacial score (nSPS) is 23.0. The number of carbonyl (C=O) groups excluding carboxylic acids is 2. The summed E-state index contributed by atoms with van der Waals surface area (Å²) < 4.78 is 5.46. The Morgan fingerprint density at radius 3 is 2.43 bits per heavy atom. The smallest absolute Gasteiger partial charge is 0.228 e. The Hall–Kier alpha value is -2.46. The van der Waals surface area contributed by atoms with E-state index in [4.69, 9.17) is 4.74 Å². The van der Waals surface area contributed by atoms with Gasteiger partial charge in [0.1, 0.15) is 12.1 Å². The molecule has 3 atom stereocenters. The van der Waals surface area contributed by atoms with Crippen molar-refractivity contribution in [3.05, 3.63) is 60.2 Å². The number of benzene rings is 2. The lowest BCUT2D eigenvalue weighted by Crippen LogP contribution is -2.56. The lowest BCUT2D eigenvalue weighted by molar-refractivity contribution is -0.130.